The Kier molecular flexibility index (Phi) is 11.7. The van der Waals surface area contributed by atoms with Crippen molar-refractivity contribution in [1.82, 2.24) is 30.6 Å². The standard InChI is InChI=1S/3C20H22N2O/c3*1-12-17-15(22-21-12)9-14-10-20(2,3)11-16(23)18(14)19(17)13-7-5-4-6-8-13/h3*4-8,19H,9-11H2,1-3H3,(H,21,22)/t2*19-;/m10./s1. The molecule has 3 N–H and O–H groups in total. The first-order valence-corrected chi connectivity index (χ1v) is 24.9. The third kappa shape index (κ3) is 8.67. The molecule has 6 aliphatic carbocycles. The molecular formula is C60H66N6O3. The second kappa shape index (κ2) is 17.5. The van der Waals surface area contributed by atoms with Crippen LogP contribution in [0.2, 0.25) is 0 Å². The summed E-state index contributed by atoms with van der Waals surface area (Å²) in [5, 5.41) is 23.0. The van der Waals surface area contributed by atoms with E-state index in [1.54, 1.807) is 0 Å². The number of nitrogens with one attached hydrogen (secondary N) is 3. The number of nitrogens with zero attached hydrogens (tertiary/aromatic N) is 3. The van der Waals surface area contributed by atoms with E-state index < -0.39 is 0 Å². The molecule has 3 atom stereocenters. The molecule has 0 fully saturated rings. The van der Waals surface area contributed by atoms with E-state index in [2.05, 4.69) is 166 Å². The summed E-state index contributed by atoms with van der Waals surface area (Å²) in [5.74, 6) is 1.07. The molecule has 9 nitrogen and oxygen atoms in total. The Labute approximate surface area is 406 Å². The van der Waals surface area contributed by atoms with Crippen LogP contribution in [0.3, 0.4) is 0 Å². The van der Waals surface area contributed by atoms with Gasteiger partial charge in [0.05, 0.1) is 17.1 Å². The van der Waals surface area contributed by atoms with Crippen molar-refractivity contribution in [3.8, 4) is 0 Å². The highest BCUT2D eigenvalue weighted by atomic mass is 16.1. The second-order valence-electron chi connectivity index (χ2n) is 23.1. The lowest BCUT2D eigenvalue weighted by molar-refractivity contribution is -0.119. The topological polar surface area (TPSA) is 137 Å². The average Bonchev–Trinajstić information content (AvgIpc) is 3.99. The van der Waals surface area contributed by atoms with Gasteiger partial charge >= 0.3 is 0 Å². The number of aromatic amines is 3. The highest BCUT2D eigenvalue weighted by Crippen LogP contribution is 2.52. The smallest absolute Gasteiger partial charge is 0.160 e. The fourth-order valence-corrected chi connectivity index (χ4v) is 12.9. The van der Waals surface area contributed by atoms with E-state index in [1.165, 1.54) is 50.1 Å². The molecule has 3 aromatic carbocycles. The summed E-state index contributed by atoms with van der Waals surface area (Å²) in [6.07, 6.45) is 7.33. The van der Waals surface area contributed by atoms with E-state index in [1.807, 2.05) is 18.2 Å². The van der Waals surface area contributed by atoms with E-state index in [4.69, 9.17) is 0 Å². The van der Waals surface area contributed by atoms with E-state index in [9.17, 15) is 14.4 Å². The fourth-order valence-electron chi connectivity index (χ4n) is 12.9. The number of fused-ring (bicyclic) bond motifs is 3. The van der Waals surface area contributed by atoms with Crippen LogP contribution in [0.1, 0.15) is 165 Å². The zero-order valence-corrected chi connectivity index (χ0v) is 41.8. The number of aryl methyl sites for hydroxylation is 3. The quantitative estimate of drug-likeness (QED) is 0.162. The van der Waals surface area contributed by atoms with E-state index in [0.29, 0.717) is 36.6 Å². The fraction of sp³-hybridized carbons (Fsp3) is 0.400. The van der Waals surface area contributed by atoms with Crippen molar-refractivity contribution in [3.05, 3.63) is 192 Å². The van der Waals surface area contributed by atoms with E-state index in [0.717, 1.165) is 89.4 Å². The van der Waals surface area contributed by atoms with Gasteiger partial charge in [0.1, 0.15) is 0 Å². The largest absolute Gasteiger partial charge is 0.294 e. The summed E-state index contributed by atoms with van der Waals surface area (Å²) in [6.45, 7) is 19.3. The predicted octanol–water partition coefficient (Wildman–Crippen LogP) is 12.3. The molecule has 9 heteroatoms. The summed E-state index contributed by atoms with van der Waals surface area (Å²) in [6, 6.07) is 31.2. The van der Waals surface area contributed by atoms with E-state index >= 15 is 0 Å². The number of allylic oxidation sites excluding steroid dienone is 6. The molecule has 0 saturated carbocycles. The number of hydrogen-bond donors (Lipinski definition) is 3. The first-order chi connectivity index (χ1) is 32.9. The molecule has 0 saturated heterocycles. The maximum absolute atomic E-state index is 13.0. The highest BCUT2D eigenvalue weighted by Gasteiger charge is 2.45. The number of Topliss-reactive ketones (excluding diaryl/α,β-unsaturated/α-hetero) is 3. The van der Waals surface area contributed by atoms with Crippen LogP contribution < -0.4 is 0 Å². The summed E-state index contributed by atoms with van der Waals surface area (Å²) in [7, 11) is 0. The Balaban J connectivity index is 0.000000120. The van der Waals surface area contributed by atoms with Crippen molar-refractivity contribution in [1.29, 1.82) is 0 Å². The van der Waals surface area contributed by atoms with Gasteiger partial charge in [-0.1, -0.05) is 149 Å². The maximum atomic E-state index is 13.0. The van der Waals surface area contributed by atoms with Crippen LogP contribution in [0.25, 0.3) is 0 Å². The molecule has 0 aliphatic heterocycles. The number of H-pyrrole nitrogens is 3. The molecule has 354 valence electrons. The molecule has 1 unspecified atom stereocenters. The van der Waals surface area contributed by atoms with Crippen molar-refractivity contribution in [2.75, 3.05) is 0 Å². The second-order valence-corrected chi connectivity index (χ2v) is 23.1. The SMILES string of the molecule is Cc1[nH]nc2c1C(c1ccccc1)C1=C(C2)CC(C)(C)CC1=O.Cc1[nH]nc2c1[C@@H](c1ccccc1)C1=C(C2)CC(C)(C)CC1=O.Cc1[nH]nc2c1[C@H](c1ccccc1)C1=C(C2)CC(C)(C)CC1=O. The molecule has 3 heterocycles. The van der Waals surface area contributed by atoms with Gasteiger partial charge in [0.2, 0.25) is 0 Å². The van der Waals surface area contributed by atoms with Gasteiger partial charge in [0, 0.05) is 107 Å². The summed E-state index contributed by atoms with van der Waals surface area (Å²) in [5.41, 5.74) is 20.9. The lowest BCUT2D eigenvalue weighted by Gasteiger charge is -2.38. The van der Waals surface area contributed by atoms with Crippen molar-refractivity contribution < 1.29 is 14.4 Å². The van der Waals surface area contributed by atoms with Gasteiger partial charge in [0.15, 0.2) is 17.3 Å². The van der Waals surface area contributed by atoms with Gasteiger partial charge in [-0.2, -0.15) is 15.3 Å². The molecule has 0 radical (unpaired) electrons. The number of benzene rings is 3. The minimum absolute atomic E-state index is 0.0392. The van der Waals surface area contributed by atoms with Crippen molar-refractivity contribution in [3.63, 3.8) is 0 Å². The first-order valence-electron chi connectivity index (χ1n) is 24.9. The van der Waals surface area contributed by atoms with Crippen molar-refractivity contribution >= 4 is 17.3 Å². The molecule has 6 aromatic rings. The maximum Gasteiger partial charge on any atom is 0.160 e. The van der Waals surface area contributed by atoms with E-state index in [-0.39, 0.29) is 34.0 Å². The summed E-state index contributed by atoms with van der Waals surface area (Å²) >= 11 is 0. The van der Waals surface area contributed by atoms with Gasteiger partial charge in [-0.05, 0) is 73.0 Å². The third-order valence-electron chi connectivity index (χ3n) is 15.5. The van der Waals surface area contributed by atoms with Crippen molar-refractivity contribution in [2.45, 2.75) is 138 Å². The molecule has 0 spiro atoms. The molecule has 6 aliphatic rings. The zero-order valence-electron chi connectivity index (χ0n) is 41.8. The molecule has 12 rings (SSSR count). The van der Waals surface area contributed by atoms with Crippen LogP contribution in [0, 0.1) is 37.0 Å². The summed E-state index contributed by atoms with van der Waals surface area (Å²) in [4.78, 5) is 38.9. The van der Waals surface area contributed by atoms with Gasteiger partial charge in [-0.15, -0.1) is 0 Å². The van der Waals surface area contributed by atoms with Crippen molar-refractivity contribution in [2.24, 2.45) is 16.2 Å². The molecule has 0 amide bonds. The van der Waals surface area contributed by atoms with Crippen LogP contribution in [0.5, 0.6) is 0 Å². The number of aromatic nitrogens is 6. The molecule has 0 bridgehead atoms. The Bertz CT molecular complexity index is 2770. The lowest BCUT2D eigenvalue weighted by atomic mass is 9.65. The lowest BCUT2D eigenvalue weighted by Crippen LogP contribution is -2.32. The van der Waals surface area contributed by atoms with Crippen LogP contribution in [-0.4, -0.2) is 47.9 Å². The Hall–Kier alpha value is -6.48. The predicted molar refractivity (Wildman–Crippen MR) is 271 cm³/mol. The van der Waals surface area contributed by atoms with Gasteiger partial charge in [0.25, 0.3) is 0 Å². The average molecular weight is 919 g/mol. The Morgan fingerprint density at radius 2 is 0.638 bits per heavy atom. The number of rotatable bonds is 3. The molecule has 69 heavy (non-hydrogen) atoms. The van der Waals surface area contributed by atoms with Crippen LogP contribution in [-0.2, 0) is 33.6 Å². The Morgan fingerprint density at radius 3 is 0.884 bits per heavy atom. The van der Waals surface area contributed by atoms with Crippen LogP contribution >= 0.6 is 0 Å². The van der Waals surface area contributed by atoms with Gasteiger partial charge in [-0.3, -0.25) is 29.7 Å². The normalized spacial score (nSPS) is 22.7. The zero-order chi connectivity index (χ0) is 48.6. The minimum atomic E-state index is 0.0392. The Morgan fingerprint density at radius 1 is 0.391 bits per heavy atom. The van der Waals surface area contributed by atoms with Gasteiger partial charge < -0.3 is 0 Å². The minimum Gasteiger partial charge on any atom is -0.294 e. The first kappa shape index (κ1) is 46.3. The number of carbonyl (C=O) groups is 3. The number of hydrogen-bond acceptors (Lipinski definition) is 6. The monoisotopic (exact) mass is 919 g/mol. The van der Waals surface area contributed by atoms with Gasteiger partial charge in [-0.25, -0.2) is 0 Å². The number of ketones is 3. The highest BCUT2D eigenvalue weighted by molar-refractivity contribution is 6.02. The van der Waals surface area contributed by atoms with Crippen LogP contribution in [0.15, 0.2) is 124 Å². The summed E-state index contributed by atoms with van der Waals surface area (Å²) < 4.78 is 0. The number of carbonyl (C=O) groups excluding carboxylic acids is 3. The third-order valence-corrected chi connectivity index (χ3v) is 15.5. The van der Waals surface area contributed by atoms with Crippen LogP contribution in [0.4, 0.5) is 0 Å². The molecular weight excluding hydrogens is 853 g/mol. The molecule has 3 aromatic heterocycles.